The fraction of sp³-hybridized carbons (Fsp3) is 0.538. The average molecular weight is 328 g/mol. The molecule has 0 aromatic heterocycles. The topological polar surface area (TPSA) is 27.7 Å². The number of hydrogen-bond donors (Lipinski definition) is 0. The van der Waals surface area contributed by atoms with Crippen molar-refractivity contribution in [1.29, 1.82) is 0 Å². The van der Waals surface area contributed by atoms with Crippen LogP contribution in [-0.4, -0.2) is 33.4 Å². The molecule has 2 rings (SSSR count). The van der Waals surface area contributed by atoms with E-state index in [1.165, 1.54) is 19.2 Å². The van der Waals surface area contributed by atoms with Crippen LogP contribution in [0.4, 0.5) is 12.9 Å². The zero-order valence-corrected chi connectivity index (χ0v) is 15.4. The Bertz CT molecular complexity index is 451. The van der Waals surface area contributed by atoms with Crippen LogP contribution in [0.2, 0.25) is 0 Å². The van der Waals surface area contributed by atoms with Crippen molar-refractivity contribution in [1.82, 2.24) is 0 Å². The Hall–Kier alpha value is 0.271. The van der Waals surface area contributed by atoms with E-state index in [0.717, 1.165) is 25.5 Å². The Morgan fingerprint density at radius 3 is 2.67 bits per heavy atom. The van der Waals surface area contributed by atoms with Crippen molar-refractivity contribution >= 4 is 12.4 Å². The Morgan fingerprint density at radius 1 is 1.33 bits per heavy atom. The van der Waals surface area contributed by atoms with E-state index in [0.29, 0.717) is 6.42 Å². The molecular weight excluding hydrogens is 311 g/mol. The number of benzene rings is 1. The first kappa shape index (κ1) is 19.3. The van der Waals surface area contributed by atoms with Crippen LogP contribution < -0.4 is 66.3 Å². The van der Waals surface area contributed by atoms with E-state index < -0.39 is 12.4 Å². The summed E-state index contributed by atoms with van der Waals surface area (Å²) in [5.74, 6) is 0.0296. The van der Waals surface area contributed by atoms with E-state index in [1.807, 2.05) is 0 Å². The van der Waals surface area contributed by atoms with Crippen molar-refractivity contribution in [2.45, 2.75) is 25.4 Å². The van der Waals surface area contributed by atoms with Crippen molar-refractivity contribution in [3.8, 4) is 11.5 Å². The van der Waals surface area contributed by atoms with Gasteiger partial charge >= 0.3 is 58.4 Å². The summed E-state index contributed by atoms with van der Waals surface area (Å²) in [6.07, 6.45) is 2.66. The van der Waals surface area contributed by atoms with Crippen molar-refractivity contribution in [2.75, 3.05) is 20.3 Å². The number of methoxy groups -OCH3 is 1. The summed E-state index contributed by atoms with van der Waals surface area (Å²) in [5, 5.41) is 0. The maximum atomic E-state index is 13.0. The fourth-order valence-electron chi connectivity index (χ4n) is 2.21. The third kappa shape index (κ3) is 5.76. The summed E-state index contributed by atoms with van der Waals surface area (Å²) in [7, 11) is 1.33. The van der Waals surface area contributed by atoms with E-state index in [1.54, 1.807) is 0 Å². The molecule has 8 heteroatoms. The number of rotatable bonds is 6. The fourth-order valence-corrected chi connectivity index (χ4v) is 2.21. The third-order valence-corrected chi connectivity index (χ3v) is 3.29. The molecule has 21 heavy (non-hydrogen) atoms. The van der Waals surface area contributed by atoms with E-state index in [4.69, 9.17) is 14.2 Å². The van der Waals surface area contributed by atoms with Crippen molar-refractivity contribution in [2.24, 2.45) is 0 Å². The largest absolute Gasteiger partial charge is 1.00 e. The summed E-state index contributed by atoms with van der Waals surface area (Å²) < 4.78 is 54.5. The molecule has 112 valence electrons. The van der Waals surface area contributed by atoms with Crippen LogP contribution >= 0.6 is 0 Å². The number of halogens is 3. The molecule has 0 spiro atoms. The molecule has 0 amide bonds. The molecule has 1 aliphatic rings. The van der Waals surface area contributed by atoms with Gasteiger partial charge in [-0.2, -0.15) is 0 Å². The summed E-state index contributed by atoms with van der Waals surface area (Å²) in [5.41, 5.74) is -0.753. The molecular formula is C13H17BF3KO3. The van der Waals surface area contributed by atoms with Crippen LogP contribution in [0.25, 0.3) is 0 Å². The van der Waals surface area contributed by atoms with E-state index in [-0.39, 0.29) is 75.6 Å². The Morgan fingerprint density at radius 2 is 2.10 bits per heavy atom. The van der Waals surface area contributed by atoms with Gasteiger partial charge in [-0.1, -0.05) is 5.46 Å². The second-order valence-corrected chi connectivity index (χ2v) is 4.75. The van der Waals surface area contributed by atoms with Crippen LogP contribution in [0.15, 0.2) is 18.2 Å². The first-order valence-electron chi connectivity index (χ1n) is 6.63. The van der Waals surface area contributed by atoms with Gasteiger partial charge in [0, 0.05) is 13.0 Å². The van der Waals surface area contributed by atoms with E-state index in [2.05, 4.69) is 0 Å². The average Bonchev–Trinajstić information content (AvgIpc) is 2.91. The molecule has 0 aliphatic carbocycles. The van der Waals surface area contributed by atoms with Crippen LogP contribution in [0, 0.1) is 0 Å². The maximum absolute atomic E-state index is 13.0. The number of ether oxygens (including phenoxy) is 3. The van der Waals surface area contributed by atoms with Crippen LogP contribution in [-0.2, 0) is 4.74 Å². The monoisotopic (exact) mass is 328 g/mol. The minimum Gasteiger partial charge on any atom is -0.497 e. The Kier molecular flexibility index (Phi) is 8.08. The van der Waals surface area contributed by atoms with Gasteiger partial charge in [-0.25, -0.2) is 0 Å². The molecule has 1 aliphatic heterocycles. The Balaban J connectivity index is 0.00000220. The van der Waals surface area contributed by atoms with Gasteiger partial charge in [0.2, 0.25) is 0 Å². The molecule has 0 saturated carbocycles. The molecule has 1 heterocycles. The molecule has 0 radical (unpaired) electrons. The predicted octanol–water partition coefficient (Wildman–Crippen LogP) is -0.298. The van der Waals surface area contributed by atoms with Crippen molar-refractivity contribution in [3.05, 3.63) is 18.2 Å². The summed E-state index contributed by atoms with van der Waals surface area (Å²) in [6, 6.07) is 3.74. The van der Waals surface area contributed by atoms with E-state index >= 15 is 0 Å². The third-order valence-electron chi connectivity index (χ3n) is 3.29. The van der Waals surface area contributed by atoms with Crippen LogP contribution in [0.1, 0.15) is 19.3 Å². The summed E-state index contributed by atoms with van der Waals surface area (Å²) in [6.45, 7) is -4.19. The molecule has 1 aromatic rings. The zero-order chi connectivity index (χ0) is 14.6. The second-order valence-electron chi connectivity index (χ2n) is 4.75. The van der Waals surface area contributed by atoms with Gasteiger partial charge in [0.05, 0.1) is 25.6 Å². The van der Waals surface area contributed by atoms with Crippen molar-refractivity contribution in [3.63, 3.8) is 0 Å². The van der Waals surface area contributed by atoms with Crippen molar-refractivity contribution < 1.29 is 78.5 Å². The van der Waals surface area contributed by atoms with Gasteiger partial charge in [-0.05, 0) is 31.0 Å². The van der Waals surface area contributed by atoms with Crippen LogP contribution in [0.3, 0.4) is 0 Å². The standard InChI is InChI=1S/C13H17BF3O3.K/c1-18-11-4-5-13(12(9-11)14(15,16)17)20-8-6-10-3-2-7-19-10;/h4-5,9-10H,2-3,6-8H2,1H3;/q-1;+1. The van der Waals surface area contributed by atoms with Gasteiger partial charge in [-0.15, -0.1) is 0 Å². The molecule has 0 bridgehead atoms. The minimum atomic E-state index is -5.13. The minimum absolute atomic E-state index is 0. The smallest absolute Gasteiger partial charge is 0.497 e. The molecule has 3 nitrogen and oxygen atoms in total. The van der Waals surface area contributed by atoms with Gasteiger partial charge in [0.1, 0.15) is 5.75 Å². The quantitative estimate of drug-likeness (QED) is 0.672. The molecule has 1 saturated heterocycles. The normalized spacial score (nSPS) is 18.2. The maximum Gasteiger partial charge on any atom is 1.00 e. The zero-order valence-electron chi connectivity index (χ0n) is 12.3. The molecule has 1 unspecified atom stereocenters. The van der Waals surface area contributed by atoms with Crippen LogP contribution in [0.5, 0.6) is 11.5 Å². The first-order chi connectivity index (χ1) is 9.50. The van der Waals surface area contributed by atoms with E-state index in [9.17, 15) is 12.9 Å². The first-order valence-corrected chi connectivity index (χ1v) is 6.63. The van der Waals surface area contributed by atoms with Gasteiger partial charge in [0.25, 0.3) is 0 Å². The molecule has 1 fully saturated rings. The molecule has 1 atom stereocenters. The molecule has 1 aromatic carbocycles. The summed E-state index contributed by atoms with van der Waals surface area (Å²) >= 11 is 0. The van der Waals surface area contributed by atoms with Gasteiger partial charge < -0.3 is 27.2 Å². The Labute approximate surface area is 165 Å². The number of hydrogen-bond acceptors (Lipinski definition) is 3. The SMILES string of the molecule is COc1ccc(OCCC2CCCO2)c([B-](F)(F)F)c1.[K+]. The molecule has 0 N–H and O–H groups in total. The second kappa shape index (κ2) is 8.79. The van der Waals surface area contributed by atoms with Gasteiger partial charge in [0.15, 0.2) is 0 Å². The van der Waals surface area contributed by atoms with Gasteiger partial charge in [-0.3, -0.25) is 0 Å². The predicted molar refractivity (Wildman–Crippen MR) is 70.8 cm³/mol. The summed E-state index contributed by atoms with van der Waals surface area (Å²) in [4.78, 5) is 0.